The molecule has 1 unspecified atom stereocenters. The summed E-state index contributed by atoms with van der Waals surface area (Å²) in [5.74, 6) is 0.0907. The van der Waals surface area contributed by atoms with Crippen molar-refractivity contribution in [3.63, 3.8) is 0 Å². The van der Waals surface area contributed by atoms with Gasteiger partial charge in [-0.25, -0.2) is 4.98 Å². The summed E-state index contributed by atoms with van der Waals surface area (Å²) < 4.78 is 1.05. The van der Waals surface area contributed by atoms with Gasteiger partial charge in [-0.05, 0) is 35.9 Å². The molecule has 29 heavy (non-hydrogen) atoms. The van der Waals surface area contributed by atoms with E-state index in [1.165, 1.54) is 11.3 Å². The Morgan fingerprint density at radius 1 is 1.31 bits per heavy atom. The number of fused-ring (bicyclic) bond motifs is 3. The van der Waals surface area contributed by atoms with Crippen LogP contribution in [0.3, 0.4) is 0 Å². The van der Waals surface area contributed by atoms with Crippen LogP contribution < -0.4 is 15.1 Å². The Balaban J connectivity index is 1.68. The summed E-state index contributed by atoms with van der Waals surface area (Å²) in [6.07, 6.45) is 10.6. The van der Waals surface area contributed by atoms with Gasteiger partial charge in [-0.2, -0.15) is 0 Å². The van der Waals surface area contributed by atoms with E-state index in [-0.39, 0.29) is 11.3 Å². The third kappa shape index (κ3) is 3.30. The zero-order chi connectivity index (χ0) is 20.8. The topological polar surface area (TPSA) is 48.5 Å². The number of nitrogens with zero attached hydrogens (tertiary/aromatic N) is 3. The molecule has 0 saturated carbocycles. The number of hydrogen-bond acceptors (Lipinski definition) is 5. The number of aromatic nitrogens is 1. The lowest BCUT2D eigenvalue weighted by Crippen LogP contribution is -2.68. The van der Waals surface area contributed by atoms with Crippen molar-refractivity contribution in [1.82, 2.24) is 10.3 Å². The van der Waals surface area contributed by atoms with Gasteiger partial charge >= 0.3 is 0 Å². The molecule has 1 amide bonds. The molecule has 1 saturated heterocycles. The fourth-order valence-electron chi connectivity index (χ4n) is 4.23. The van der Waals surface area contributed by atoms with Gasteiger partial charge in [-0.1, -0.05) is 53.3 Å². The minimum atomic E-state index is -0.585. The molecular formula is C22H25BrN4OS. The zero-order valence-electron chi connectivity index (χ0n) is 17.1. The molecule has 152 valence electrons. The predicted molar refractivity (Wildman–Crippen MR) is 125 cm³/mol. The Morgan fingerprint density at radius 3 is 2.83 bits per heavy atom. The van der Waals surface area contributed by atoms with Crippen molar-refractivity contribution in [2.45, 2.75) is 31.3 Å². The highest BCUT2D eigenvalue weighted by molar-refractivity contribution is 9.10. The van der Waals surface area contributed by atoms with Gasteiger partial charge < -0.3 is 15.1 Å². The quantitative estimate of drug-likeness (QED) is 0.662. The highest BCUT2D eigenvalue weighted by Gasteiger charge is 2.57. The molecule has 3 heterocycles. The molecule has 1 N–H and O–H groups in total. The number of thiazole rings is 1. The van der Waals surface area contributed by atoms with Crippen LogP contribution in [0.1, 0.15) is 30.7 Å². The van der Waals surface area contributed by atoms with Gasteiger partial charge in [0.1, 0.15) is 5.66 Å². The number of nitrogens with one attached hydrogen (secondary N) is 1. The van der Waals surface area contributed by atoms with Gasteiger partial charge in [0.2, 0.25) is 5.91 Å². The molecular weight excluding hydrogens is 448 g/mol. The number of anilines is 2. The maximum atomic E-state index is 12.4. The molecule has 5 nitrogen and oxygen atoms in total. The highest BCUT2D eigenvalue weighted by Crippen LogP contribution is 2.52. The van der Waals surface area contributed by atoms with Crippen molar-refractivity contribution in [1.29, 1.82) is 0 Å². The molecule has 1 aromatic carbocycles. The fraction of sp³-hybridized carbons (Fsp3) is 0.364. The number of rotatable bonds is 4. The average molecular weight is 473 g/mol. The van der Waals surface area contributed by atoms with Crippen molar-refractivity contribution >= 4 is 50.1 Å². The number of amides is 1. The third-order valence-corrected chi connectivity index (χ3v) is 7.42. The molecule has 1 fully saturated rings. The second kappa shape index (κ2) is 7.29. The van der Waals surface area contributed by atoms with Gasteiger partial charge in [-0.3, -0.25) is 4.79 Å². The first-order chi connectivity index (χ1) is 13.7. The van der Waals surface area contributed by atoms with E-state index in [4.69, 9.17) is 0 Å². The van der Waals surface area contributed by atoms with Gasteiger partial charge in [0.25, 0.3) is 0 Å². The van der Waals surface area contributed by atoms with E-state index in [0.717, 1.165) is 14.5 Å². The second-order valence-corrected chi connectivity index (χ2v) is 10.1. The van der Waals surface area contributed by atoms with E-state index < -0.39 is 5.66 Å². The van der Waals surface area contributed by atoms with E-state index >= 15 is 0 Å². The van der Waals surface area contributed by atoms with Gasteiger partial charge in [0, 0.05) is 53.7 Å². The van der Waals surface area contributed by atoms with Gasteiger partial charge in [0.15, 0.2) is 5.13 Å². The second-order valence-electron chi connectivity index (χ2n) is 8.16. The van der Waals surface area contributed by atoms with E-state index in [1.807, 2.05) is 37.3 Å². The molecule has 2 aliphatic heterocycles. The zero-order valence-corrected chi connectivity index (χ0v) is 19.5. The van der Waals surface area contributed by atoms with Crippen molar-refractivity contribution < 1.29 is 4.79 Å². The fourth-order valence-corrected chi connectivity index (χ4v) is 5.34. The van der Waals surface area contributed by atoms with Crippen LogP contribution in [-0.2, 0) is 10.2 Å². The summed E-state index contributed by atoms with van der Waals surface area (Å²) in [4.78, 5) is 22.3. The monoisotopic (exact) mass is 472 g/mol. The normalized spacial score (nSPS) is 22.8. The maximum Gasteiger partial charge on any atom is 0.223 e. The number of carbonyl (C=O) groups excluding carboxylic acids is 1. The Bertz CT molecular complexity index is 1010. The molecule has 0 radical (unpaired) electrons. The first-order valence-corrected chi connectivity index (χ1v) is 11.2. The van der Waals surface area contributed by atoms with Gasteiger partial charge in [0.05, 0.1) is 0 Å². The summed E-state index contributed by atoms with van der Waals surface area (Å²) in [6, 6.07) is 6.38. The van der Waals surface area contributed by atoms with Crippen LogP contribution in [0.5, 0.6) is 0 Å². The van der Waals surface area contributed by atoms with Crippen LogP contribution in [0.4, 0.5) is 10.8 Å². The van der Waals surface area contributed by atoms with E-state index in [1.54, 1.807) is 11.3 Å². The first kappa shape index (κ1) is 20.2. The third-order valence-electron chi connectivity index (χ3n) is 5.80. The number of allylic oxidation sites excluding steroid dienone is 2. The van der Waals surface area contributed by atoms with E-state index in [2.05, 4.69) is 75.3 Å². The minimum Gasteiger partial charge on any atom is -0.354 e. The summed E-state index contributed by atoms with van der Waals surface area (Å²) >= 11 is 5.25. The van der Waals surface area contributed by atoms with Crippen molar-refractivity contribution in [2.24, 2.45) is 0 Å². The van der Waals surface area contributed by atoms with Crippen LogP contribution in [0, 0.1) is 0 Å². The Kier molecular flexibility index (Phi) is 5.07. The largest absolute Gasteiger partial charge is 0.354 e. The number of hydrogen-bond donors (Lipinski definition) is 1. The molecule has 0 spiro atoms. The van der Waals surface area contributed by atoms with Crippen LogP contribution in [-0.4, -0.2) is 37.2 Å². The number of halogens is 1. The summed E-state index contributed by atoms with van der Waals surface area (Å²) in [6.45, 7) is 5.11. The lowest BCUT2D eigenvalue weighted by Gasteiger charge is -2.49. The Labute approximate surface area is 184 Å². The average Bonchev–Trinajstić information content (AvgIpc) is 3.20. The Hall–Kier alpha value is -2.12. The molecule has 1 aromatic heterocycles. The van der Waals surface area contributed by atoms with E-state index in [0.29, 0.717) is 13.0 Å². The van der Waals surface area contributed by atoms with Crippen LogP contribution in [0.2, 0.25) is 0 Å². The van der Waals surface area contributed by atoms with Gasteiger partial charge in [-0.15, -0.1) is 0 Å². The summed E-state index contributed by atoms with van der Waals surface area (Å²) in [7, 11) is 3.98. The molecule has 2 aromatic rings. The molecule has 4 rings (SSSR count). The van der Waals surface area contributed by atoms with Crippen LogP contribution in [0.15, 0.2) is 47.1 Å². The van der Waals surface area contributed by atoms with Crippen molar-refractivity contribution in [2.75, 3.05) is 30.4 Å². The van der Waals surface area contributed by atoms with Crippen molar-refractivity contribution in [3.05, 3.63) is 57.5 Å². The maximum absolute atomic E-state index is 12.4. The predicted octanol–water partition coefficient (Wildman–Crippen LogP) is 4.56. The van der Waals surface area contributed by atoms with Crippen molar-refractivity contribution in [3.8, 4) is 0 Å². The highest BCUT2D eigenvalue weighted by atomic mass is 79.9. The first-order valence-electron chi connectivity index (χ1n) is 9.62. The van der Waals surface area contributed by atoms with E-state index in [9.17, 15) is 4.79 Å². The number of benzene rings is 1. The molecule has 7 heteroatoms. The molecule has 1 atom stereocenters. The standard InChI is InChI=1S/C22H25BrN4OS/c1-21(2)17-13-15(23)8-9-18(17)27-12-10-19(28)25-22(21,27)11-6-5-7-16-14-24-20(29-16)26(3)4/h5-9,11,13-14H,10,12H2,1-4H3,(H,25,28)/b7-5+,11-6+. The summed E-state index contributed by atoms with van der Waals surface area (Å²) in [5, 5.41) is 4.28. The summed E-state index contributed by atoms with van der Waals surface area (Å²) in [5.41, 5.74) is 1.55. The molecule has 0 aliphatic carbocycles. The Morgan fingerprint density at radius 2 is 2.10 bits per heavy atom. The smallest absolute Gasteiger partial charge is 0.223 e. The SMILES string of the molecule is CN(C)c1ncc(/C=C/C=C/C23NC(=O)CCN2c2ccc(Br)cc2C3(C)C)s1. The van der Waals surface area contributed by atoms with Crippen LogP contribution in [0.25, 0.3) is 6.08 Å². The minimum absolute atomic E-state index is 0.0907. The lowest BCUT2D eigenvalue weighted by atomic mass is 9.74. The lowest BCUT2D eigenvalue weighted by molar-refractivity contribution is -0.124. The molecule has 2 aliphatic rings. The number of carbonyl (C=O) groups is 1. The van der Waals surface area contributed by atoms with Crippen LogP contribution >= 0.6 is 27.3 Å². The molecule has 0 bridgehead atoms.